The van der Waals surface area contributed by atoms with E-state index in [1.807, 2.05) is 13.8 Å². The Morgan fingerprint density at radius 2 is 1.95 bits per heavy atom. The smallest absolute Gasteiger partial charge is 0.255 e. The molecule has 0 saturated carbocycles. The van der Waals surface area contributed by atoms with Crippen LogP contribution < -0.4 is 11.1 Å². The lowest BCUT2D eigenvalue weighted by molar-refractivity contribution is -0.121. The zero-order valence-corrected chi connectivity index (χ0v) is 13.8. The van der Waals surface area contributed by atoms with Crippen LogP contribution in [-0.2, 0) is 4.79 Å². The predicted octanol–water partition coefficient (Wildman–Crippen LogP) is 2.42. The summed E-state index contributed by atoms with van der Waals surface area (Å²) in [5.74, 6) is -0.295. The first-order valence-electron chi connectivity index (χ1n) is 6.49. The van der Waals surface area contributed by atoms with Crippen molar-refractivity contribution in [1.82, 2.24) is 10.2 Å². The molecule has 0 bridgehead atoms. The molecule has 0 spiro atoms. The van der Waals surface area contributed by atoms with E-state index in [2.05, 4.69) is 5.32 Å². The van der Waals surface area contributed by atoms with Gasteiger partial charge in [-0.2, -0.15) is 0 Å². The van der Waals surface area contributed by atoms with E-state index >= 15 is 0 Å². The first-order chi connectivity index (χ1) is 9.72. The molecule has 0 unspecified atom stereocenters. The number of anilines is 1. The molecule has 3 N–H and O–H groups in total. The molecule has 116 valence electrons. The molecule has 21 heavy (non-hydrogen) atoms. The van der Waals surface area contributed by atoms with Crippen LogP contribution in [0.4, 0.5) is 5.69 Å². The van der Waals surface area contributed by atoms with Crippen molar-refractivity contribution in [2.45, 2.75) is 13.8 Å². The van der Waals surface area contributed by atoms with E-state index in [0.29, 0.717) is 18.2 Å². The van der Waals surface area contributed by atoms with Crippen LogP contribution in [-0.4, -0.2) is 36.9 Å². The highest BCUT2D eigenvalue weighted by Gasteiger charge is 2.19. The van der Waals surface area contributed by atoms with Gasteiger partial charge in [0.1, 0.15) is 0 Å². The zero-order valence-electron chi connectivity index (χ0n) is 12.2. The van der Waals surface area contributed by atoms with Crippen LogP contribution in [0.2, 0.25) is 10.0 Å². The van der Waals surface area contributed by atoms with E-state index in [-0.39, 0.29) is 28.1 Å². The highest BCUT2D eigenvalue weighted by molar-refractivity contribution is 6.44. The number of hydrogen-bond acceptors (Lipinski definition) is 3. The third kappa shape index (κ3) is 5.10. The van der Waals surface area contributed by atoms with Crippen LogP contribution in [0.15, 0.2) is 12.1 Å². The quantitative estimate of drug-likeness (QED) is 0.813. The van der Waals surface area contributed by atoms with Gasteiger partial charge in [0, 0.05) is 19.3 Å². The molecule has 0 aliphatic heterocycles. The lowest BCUT2D eigenvalue weighted by Gasteiger charge is -2.18. The number of nitrogens with two attached hydrogens (primary N) is 1. The highest BCUT2D eigenvalue weighted by atomic mass is 35.5. The van der Waals surface area contributed by atoms with Crippen LogP contribution in [0.1, 0.15) is 24.2 Å². The summed E-state index contributed by atoms with van der Waals surface area (Å²) in [6, 6.07) is 2.91. The zero-order chi connectivity index (χ0) is 16.2. The molecule has 0 aromatic heterocycles. The second-order valence-electron chi connectivity index (χ2n) is 5.22. The summed E-state index contributed by atoms with van der Waals surface area (Å²) in [6.07, 6.45) is 0. The van der Waals surface area contributed by atoms with Gasteiger partial charge in [0.25, 0.3) is 5.91 Å². The number of rotatable bonds is 5. The van der Waals surface area contributed by atoms with Crippen LogP contribution in [0, 0.1) is 5.92 Å². The first-order valence-corrected chi connectivity index (χ1v) is 7.24. The lowest BCUT2D eigenvalue weighted by Crippen LogP contribution is -2.39. The van der Waals surface area contributed by atoms with Crippen LogP contribution in [0.3, 0.4) is 0 Å². The largest absolute Gasteiger partial charge is 0.399 e. The van der Waals surface area contributed by atoms with Crippen LogP contribution >= 0.6 is 23.2 Å². The molecular formula is C14H19Cl2N3O2. The molecule has 1 rings (SSSR count). The molecule has 0 saturated heterocycles. The average Bonchev–Trinajstić information content (AvgIpc) is 2.39. The Hall–Kier alpha value is -1.46. The summed E-state index contributed by atoms with van der Waals surface area (Å²) in [5, 5.41) is 3.08. The monoisotopic (exact) mass is 331 g/mol. The second-order valence-corrected chi connectivity index (χ2v) is 6.01. The Balaban J connectivity index is 2.77. The third-order valence-electron chi connectivity index (χ3n) is 2.72. The Labute approximate surface area is 134 Å². The molecule has 0 atom stereocenters. The number of carbonyl (C=O) groups excluding carboxylic acids is 2. The summed E-state index contributed by atoms with van der Waals surface area (Å²) in [4.78, 5) is 25.3. The van der Waals surface area contributed by atoms with Crippen molar-refractivity contribution >= 4 is 40.7 Å². The normalized spacial score (nSPS) is 10.6. The Bertz CT molecular complexity index is 547. The van der Waals surface area contributed by atoms with Gasteiger partial charge in [-0.25, -0.2) is 0 Å². The molecule has 0 aliphatic rings. The van der Waals surface area contributed by atoms with Crippen LogP contribution in [0.5, 0.6) is 0 Å². The van der Waals surface area contributed by atoms with E-state index in [0.717, 1.165) is 0 Å². The number of carbonyl (C=O) groups is 2. The highest BCUT2D eigenvalue weighted by Crippen LogP contribution is 2.29. The summed E-state index contributed by atoms with van der Waals surface area (Å²) >= 11 is 11.9. The maximum Gasteiger partial charge on any atom is 0.255 e. The van der Waals surface area contributed by atoms with E-state index in [1.165, 1.54) is 24.1 Å². The van der Waals surface area contributed by atoms with Crippen molar-refractivity contribution in [3.63, 3.8) is 0 Å². The SMILES string of the molecule is CC(C)CNC(=O)CN(C)C(=O)c1cc(N)cc(Cl)c1Cl. The number of halogens is 2. The minimum absolute atomic E-state index is 0.0612. The maximum absolute atomic E-state index is 12.3. The third-order valence-corrected chi connectivity index (χ3v) is 3.52. The van der Waals surface area contributed by atoms with Gasteiger partial charge in [0.2, 0.25) is 5.91 Å². The molecular weight excluding hydrogens is 313 g/mol. The Morgan fingerprint density at radius 1 is 1.33 bits per heavy atom. The minimum atomic E-state index is -0.408. The lowest BCUT2D eigenvalue weighted by atomic mass is 10.1. The number of nitrogens with one attached hydrogen (secondary N) is 1. The van der Waals surface area contributed by atoms with E-state index in [1.54, 1.807) is 0 Å². The molecule has 0 heterocycles. The van der Waals surface area contributed by atoms with Crippen molar-refractivity contribution in [3.8, 4) is 0 Å². The fourth-order valence-electron chi connectivity index (χ4n) is 1.63. The second kappa shape index (κ2) is 7.52. The number of hydrogen-bond donors (Lipinski definition) is 2. The molecule has 0 radical (unpaired) electrons. The molecule has 0 aliphatic carbocycles. The fourth-order valence-corrected chi connectivity index (χ4v) is 2.05. The first kappa shape index (κ1) is 17.6. The van der Waals surface area contributed by atoms with Gasteiger partial charge in [-0.1, -0.05) is 37.0 Å². The Morgan fingerprint density at radius 3 is 2.52 bits per heavy atom. The summed E-state index contributed by atoms with van der Waals surface area (Å²) < 4.78 is 0. The number of nitrogen functional groups attached to an aromatic ring is 1. The predicted molar refractivity (Wildman–Crippen MR) is 85.7 cm³/mol. The molecule has 1 aromatic rings. The number of benzene rings is 1. The van der Waals surface area contributed by atoms with Crippen molar-refractivity contribution in [3.05, 3.63) is 27.7 Å². The van der Waals surface area contributed by atoms with Gasteiger partial charge in [-0.3, -0.25) is 9.59 Å². The standard InChI is InChI=1S/C14H19Cl2N3O2/c1-8(2)6-18-12(20)7-19(3)14(21)10-4-9(17)5-11(15)13(10)16/h4-5,8H,6-7,17H2,1-3H3,(H,18,20). The van der Waals surface area contributed by atoms with Crippen molar-refractivity contribution in [2.75, 3.05) is 25.9 Å². The van der Waals surface area contributed by atoms with E-state index < -0.39 is 5.91 Å². The molecule has 5 nitrogen and oxygen atoms in total. The maximum atomic E-state index is 12.3. The summed E-state index contributed by atoms with van der Waals surface area (Å²) in [6.45, 7) is 4.48. The van der Waals surface area contributed by atoms with Crippen molar-refractivity contribution in [1.29, 1.82) is 0 Å². The van der Waals surface area contributed by atoms with Crippen LogP contribution in [0.25, 0.3) is 0 Å². The molecule has 1 aromatic carbocycles. The van der Waals surface area contributed by atoms with Gasteiger partial charge in [-0.05, 0) is 18.1 Å². The average molecular weight is 332 g/mol. The van der Waals surface area contributed by atoms with Gasteiger partial charge in [0.05, 0.1) is 22.2 Å². The van der Waals surface area contributed by atoms with E-state index in [4.69, 9.17) is 28.9 Å². The molecule has 2 amide bonds. The summed E-state index contributed by atoms with van der Waals surface area (Å²) in [5.41, 5.74) is 6.18. The topological polar surface area (TPSA) is 75.4 Å². The Kier molecular flexibility index (Phi) is 6.30. The van der Waals surface area contributed by atoms with Gasteiger partial charge >= 0.3 is 0 Å². The molecule has 7 heteroatoms. The van der Waals surface area contributed by atoms with Gasteiger partial charge in [0.15, 0.2) is 0 Å². The van der Waals surface area contributed by atoms with Gasteiger partial charge < -0.3 is 16.0 Å². The number of nitrogens with zero attached hydrogens (tertiary/aromatic N) is 1. The van der Waals surface area contributed by atoms with Crippen molar-refractivity contribution < 1.29 is 9.59 Å². The summed E-state index contributed by atoms with van der Waals surface area (Å²) in [7, 11) is 1.52. The van der Waals surface area contributed by atoms with Crippen molar-refractivity contribution in [2.24, 2.45) is 5.92 Å². The molecule has 0 fully saturated rings. The number of likely N-dealkylation sites (N-methyl/N-ethyl adjacent to an activating group) is 1. The number of amides is 2. The van der Waals surface area contributed by atoms with Gasteiger partial charge in [-0.15, -0.1) is 0 Å². The van der Waals surface area contributed by atoms with E-state index in [9.17, 15) is 9.59 Å². The minimum Gasteiger partial charge on any atom is -0.399 e. The fraction of sp³-hybridized carbons (Fsp3) is 0.429.